The highest BCUT2D eigenvalue weighted by Crippen LogP contribution is 2.27. The minimum Gasteiger partial charge on any atom is -0.378 e. The molecule has 2 nitrogen and oxygen atoms in total. The van der Waals surface area contributed by atoms with Crippen molar-refractivity contribution in [2.24, 2.45) is 0 Å². The lowest BCUT2D eigenvalue weighted by Gasteiger charge is -2.25. The molecular formula is C10H11BrClNO. The average molecular weight is 277 g/mol. The largest absolute Gasteiger partial charge is 0.378 e. The van der Waals surface area contributed by atoms with Gasteiger partial charge in [-0.15, -0.1) is 0 Å². The number of halogens is 2. The summed E-state index contributed by atoms with van der Waals surface area (Å²) in [5, 5.41) is 4.15. The molecule has 1 unspecified atom stereocenters. The number of benzene rings is 1. The number of ether oxygens (including phenoxy) is 1. The van der Waals surface area contributed by atoms with Crippen molar-refractivity contribution in [3.63, 3.8) is 0 Å². The van der Waals surface area contributed by atoms with Crippen molar-refractivity contribution in [3.05, 3.63) is 33.3 Å². The molecule has 4 heteroatoms. The second-order valence-electron chi connectivity index (χ2n) is 3.25. The molecule has 1 aromatic carbocycles. The monoisotopic (exact) mass is 275 g/mol. The Kier molecular flexibility index (Phi) is 3.44. The Morgan fingerprint density at radius 1 is 1.50 bits per heavy atom. The van der Waals surface area contributed by atoms with Crippen LogP contribution in [0.1, 0.15) is 11.6 Å². The van der Waals surface area contributed by atoms with Crippen molar-refractivity contribution in [2.75, 3.05) is 19.8 Å². The van der Waals surface area contributed by atoms with E-state index in [0.29, 0.717) is 0 Å². The molecule has 0 amide bonds. The highest BCUT2D eigenvalue weighted by molar-refractivity contribution is 9.10. The van der Waals surface area contributed by atoms with Crippen molar-refractivity contribution < 1.29 is 4.74 Å². The third kappa shape index (κ3) is 2.28. The Bertz CT molecular complexity index is 326. The maximum Gasteiger partial charge on any atom is 0.0662 e. The Morgan fingerprint density at radius 2 is 2.36 bits per heavy atom. The van der Waals surface area contributed by atoms with E-state index in [4.69, 9.17) is 16.3 Å². The molecule has 0 spiro atoms. The molecule has 0 radical (unpaired) electrons. The van der Waals surface area contributed by atoms with Gasteiger partial charge in [-0.05, 0) is 17.7 Å². The van der Waals surface area contributed by atoms with Crippen LogP contribution >= 0.6 is 27.5 Å². The van der Waals surface area contributed by atoms with E-state index in [-0.39, 0.29) is 6.04 Å². The second kappa shape index (κ2) is 4.62. The number of nitrogens with one attached hydrogen (secondary N) is 1. The van der Waals surface area contributed by atoms with Gasteiger partial charge in [0.05, 0.1) is 19.3 Å². The Morgan fingerprint density at radius 3 is 3.00 bits per heavy atom. The Labute approximate surface area is 96.7 Å². The van der Waals surface area contributed by atoms with E-state index in [1.807, 2.05) is 18.2 Å². The SMILES string of the molecule is Clc1ccc(C2COCCN2)c(Br)c1. The molecule has 1 aliphatic rings. The molecule has 1 aliphatic heterocycles. The molecule has 76 valence electrons. The molecule has 1 atom stereocenters. The zero-order valence-electron chi connectivity index (χ0n) is 7.59. The van der Waals surface area contributed by atoms with Crippen LogP contribution in [0.3, 0.4) is 0 Å². The second-order valence-corrected chi connectivity index (χ2v) is 4.54. The van der Waals surface area contributed by atoms with Gasteiger partial charge in [-0.1, -0.05) is 33.6 Å². The van der Waals surface area contributed by atoms with Crippen LogP contribution in [-0.2, 0) is 4.74 Å². The maximum atomic E-state index is 5.87. The standard InChI is InChI=1S/C10H11BrClNO/c11-9-5-7(12)1-2-8(9)10-6-14-4-3-13-10/h1-2,5,10,13H,3-4,6H2. The molecule has 0 aliphatic carbocycles. The summed E-state index contributed by atoms with van der Waals surface area (Å²) in [6.45, 7) is 2.42. The predicted octanol–water partition coefficient (Wildman–Crippen LogP) is 2.76. The highest BCUT2D eigenvalue weighted by atomic mass is 79.9. The zero-order valence-corrected chi connectivity index (χ0v) is 9.94. The molecule has 1 saturated heterocycles. The molecule has 1 heterocycles. The summed E-state index contributed by atoms with van der Waals surface area (Å²) in [5.41, 5.74) is 1.20. The number of hydrogen-bond donors (Lipinski definition) is 1. The van der Waals surface area contributed by atoms with E-state index in [1.54, 1.807) is 0 Å². The van der Waals surface area contributed by atoms with Crippen molar-refractivity contribution in [3.8, 4) is 0 Å². The Hall–Kier alpha value is -0.0900. The quantitative estimate of drug-likeness (QED) is 0.852. The van der Waals surface area contributed by atoms with Crippen LogP contribution in [0.15, 0.2) is 22.7 Å². The fourth-order valence-electron chi connectivity index (χ4n) is 1.55. The summed E-state index contributed by atoms with van der Waals surface area (Å²) >= 11 is 9.38. The van der Waals surface area contributed by atoms with E-state index in [1.165, 1.54) is 5.56 Å². The van der Waals surface area contributed by atoms with E-state index in [0.717, 1.165) is 29.3 Å². The van der Waals surface area contributed by atoms with Gasteiger partial charge in [0.1, 0.15) is 0 Å². The summed E-state index contributed by atoms with van der Waals surface area (Å²) in [5.74, 6) is 0. The Balaban J connectivity index is 2.22. The molecule has 1 aromatic rings. The maximum absolute atomic E-state index is 5.87. The molecule has 2 rings (SSSR count). The van der Waals surface area contributed by atoms with E-state index in [2.05, 4.69) is 21.2 Å². The lowest BCUT2D eigenvalue weighted by molar-refractivity contribution is 0.0767. The van der Waals surface area contributed by atoms with E-state index >= 15 is 0 Å². The van der Waals surface area contributed by atoms with Crippen molar-refractivity contribution >= 4 is 27.5 Å². The topological polar surface area (TPSA) is 21.3 Å². The molecule has 0 aromatic heterocycles. The van der Waals surface area contributed by atoms with E-state index in [9.17, 15) is 0 Å². The van der Waals surface area contributed by atoms with Crippen LogP contribution < -0.4 is 5.32 Å². The van der Waals surface area contributed by atoms with Gasteiger partial charge in [0.15, 0.2) is 0 Å². The molecule has 1 fully saturated rings. The van der Waals surface area contributed by atoms with Crippen molar-refractivity contribution in [2.45, 2.75) is 6.04 Å². The first-order valence-corrected chi connectivity index (χ1v) is 5.70. The van der Waals surface area contributed by atoms with Crippen LogP contribution in [0.5, 0.6) is 0 Å². The lowest BCUT2D eigenvalue weighted by atomic mass is 10.1. The summed E-state index contributed by atoms with van der Waals surface area (Å²) in [7, 11) is 0. The van der Waals surface area contributed by atoms with Gasteiger partial charge < -0.3 is 10.1 Å². The molecule has 0 bridgehead atoms. The van der Waals surface area contributed by atoms with Gasteiger partial charge in [0.2, 0.25) is 0 Å². The van der Waals surface area contributed by atoms with Crippen LogP contribution in [0.2, 0.25) is 5.02 Å². The van der Waals surface area contributed by atoms with Gasteiger partial charge in [0, 0.05) is 16.0 Å². The van der Waals surface area contributed by atoms with Crippen LogP contribution in [0, 0.1) is 0 Å². The van der Waals surface area contributed by atoms with Gasteiger partial charge in [-0.25, -0.2) is 0 Å². The van der Waals surface area contributed by atoms with Crippen LogP contribution in [-0.4, -0.2) is 19.8 Å². The van der Waals surface area contributed by atoms with Crippen LogP contribution in [0.4, 0.5) is 0 Å². The molecular weight excluding hydrogens is 265 g/mol. The predicted molar refractivity (Wildman–Crippen MR) is 60.7 cm³/mol. The number of hydrogen-bond acceptors (Lipinski definition) is 2. The molecule has 14 heavy (non-hydrogen) atoms. The fraction of sp³-hybridized carbons (Fsp3) is 0.400. The number of rotatable bonds is 1. The molecule has 1 N–H and O–H groups in total. The van der Waals surface area contributed by atoms with Crippen molar-refractivity contribution in [1.82, 2.24) is 5.32 Å². The first kappa shape index (κ1) is 10.4. The van der Waals surface area contributed by atoms with Gasteiger partial charge in [-0.3, -0.25) is 0 Å². The number of morpholine rings is 1. The van der Waals surface area contributed by atoms with Gasteiger partial charge >= 0.3 is 0 Å². The minimum absolute atomic E-state index is 0.274. The third-order valence-electron chi connectivity index (χ3n) is 2.26. The summed E-state index contributed by atoms with van der Waals surface area (Å²) < 4.78 is 6.44. The summed E-state index contributed by atoms with van der Waals surface area (Å²) in [6.07, 6.45) is 0. The third-order valence-corrected chi connectivity index (χ3v) is 3.18. The lowest BCUT2D eigenvalue weighted by Crippen LogP contribution is -2.34. The van der Waals surface area contributed by atoms with Crippen molar-refractivity contribution in [1.29, 1.82) is 0 Å². The van der Waals surface area contributed by atoms with Crippen LogP contribution in [0.25, 0.3) is 0 Å². The minimum atomic E-state index is 0.274. The fourth-order valence-corrected chi connectivity index (χ4v) is 2.51. The van der Waals surface area contributed by atoms with Gasteiger partial charge in [-0.2, -0.15) is 0 Å². The normalized spacial score (nSPS) is 22.3. The average Bonchev–Trinajstić information content (AvgIpc) is 2.19. The highest BCUT2D eigenvalue weighted by Gasteiger charge is 2.17. The summed E-state index contributed by atoms with van der Waals surface area (Å²) in [4.78, 5) is 0. The zero-order chi connectivity index (χ0) is 9.97. The van der Waals surface area contributed by atoms with Gasteiger partial charge in [0.25, 0.3) is 0 Å². The van der Waals surface area contributed by atoms with E-state index < -0.39 is 0 Å². The first-order valence-electron chi connectivity index (χ1n) is 4.53. The molecule has 0 saturated carbocycles. The smallest absolute Gasteiger partial charge is 0.0662 e. The summed E-state index contributed by atoms with van der Waals surface area (Å²) in [6, 6.07) is 6.11. The first-order chi connectivity index (χ1) is 6.77.